The van der Waals surface area contributed by atoms with Crippen LogP contribution >= 0.6 is 23.2 Å². The van der Waals surface area contributed by atoms with E-state index in [0.29, 0.717) is 15.8 Å². The van der Waals surface area contributed by atoms with E-state index in [1.54, 1.807) is 0 Å². The maximum Gasteiger partial charge on any atom is 0.139 e. The molecular formula is C22H24Cl2O2. The third-order valence-electron chi connectivity index (χ3n) is 3.79. The Morgan fingerprint density at radius 3 is 1.38 bits per heavy atom. The van der Waals surface area contributed by atoms with Gasteiger partial charge in [-0.2, -0.15) is 0 Å². The van der Waals surface area contributed by atoms with Gasteiger partial charge in [0.05, 0.1) is 10.0 Å². The van der Waals surface area contributed by atoms with Crippen LogP contribution in [0.5, 0.6) is 11.5 Å². The van der Waals surface area contributed by atoms with E-state index < -0.39 is 5.60 Å². The van der Waals surface area contributed by atoms with Gasteiger partial charge in [0.15, 0.2) is 0 Å². The Balaban J connectivity index is 2.54. The molecule has 2 nitrogen and oxygen atoms in total. The highest BCUT2D eigenvalue weighted by molar-refractivity contribution is 6.40. The minimum absolute atomic E-state index is 0.364. The van der Waals surface area contributed by atoms with Crippen LogP contribution in [0.4, 0.5) is 0 Å². The highest BCUT2D eigenvalue weighted by Gasteiger charge is 2.25. The van der Waals surface area contributed by atoms with Crippen LogP contribution in [0.15, 0.2) is 36.4 Å². The molecule has 0 N–H and O–H groups in total. The van der Waals surface area contributed by atoms with Gasteiger partial charge in [0.25, 0.3) is 0 Å². The fourth-order valence-corrected chi connectivity index (χ4v) is 3.50. The quantitative estimate of drug-likeness (QED) is 0.418. The normalized spacial score (nSPS) is 12.6. The van der Waals surface area contributed by atoms with Crippen molar-refractivity contribution in [2.75, 3.05) is 0 Å². The Morgan fingerprint density at radius 1 is 0.615 bits per heavy atom. The van der Waals surface area contributed by atoms with Crippen molar-refractivity contribution in [3.63, 3.8) is 0 Å². The average Bonchev–Trinajstić information content (AvgIpc) is 2.48. The van der Waals surface area contributed by atoms with Crippen molar-refractivity contribution < 1.29 is 9.47 Å². The number of benzene rings is 3. The molecule has 3 aromatic carbocycles. The van der Waals surface area contributed by atoms with Gasteiger partial charge in [0.1, 0.15) is 22.7 Å². The highest BCUT2D eigenvalue weighted by Crippen LogP contribution is 2.49. The summed E-state index contributed by atoms with van der Waals surface area (Å²) in [6.07, 6.45) is 0. The van der Waals surface area contributed by atoms with Crippen LogP contribution in [0.25, 0.3) is 21.5 Å². The van der Waals surface area contributed by atoms with E-state index in [2.05, 4.69) is 0 Å². The van der Waals surface area contributed by atoms with Crippen molar-refractivity contribution >= 4 is 44.7 Å². The second-order valence-corrected chi connectivity index (χ2v) is 9.23. The minimum atomic E-state index is -0.398. The van der Waals surface area contributed by atoms with E-state index in [0.717, 1.165) is 27.3 Å². The molecular weight excluding hydrogens is 367 g/mol. The summed E-state index contributed by atoms with van der Waals surface area (Å²) < 4.78 is 12.7. The van der Waals surface area contributed by atoms with E-state index in [-0.39, 0.29) is 5.60 Å². The predicted molar refractivity (Wildman–Crippen MR) is 112 cm³/mol. The molecule has 138 valence electrons. The Hall–Kier alpha value is -1.64. The summed E-state index contributed by atoms with van der Waals surface area (Å²) in [6.45, 7) is 12.1. The summed E-state index contributed by atoms with van der Waals surface area (Å²) in [7, 11) is 0. The lowest BCUT2D eigenvalue weighted by Gasteiger charge is -2.28. The van der Waals surface area contributed by atoms with Gasteiger partial charge in [-0.1, -0.05) is 47.5 Å². The second-order valence-electron chi connectivity index (χ2n) is 8.41. The Kier molecular flexibility index (Phi) is 4.79. The smallest absolute Gasteiger partial charge is 0.139 e. The van der Waals surface area contributed by atoms with Crippen LogP contribution in [-0.4, -0.2) is 11.2 Å². The summed E-state index contributed by atoms with van der Waals surface area (Å²) in [4.78, 5) is 0. The van der Waals surface area contributed by atoms with Gasteiger partial charge in [-0.25, -0.2) is 0 Å². The summed E-state index contributed by atoms with van der Waals surface area (Å²) in [5, 5.41) is 4.71. The fraction of sp³-hybridized carbons (Fsp3) is 0.364. The zero-order chi connectivity index (χ0) is 19.3. The Bertz CT molecular complexity index is 916. The molecule has 0 aromatic heterocycles. The molecule has 4 heteroatoms. The van der Waals surface area contributed by atoms with Crippen LogP contribution in [0, 0.1) is 0 Å². The molecule has 0 saturated heterocycles. The summed E-state index contributed by atoms with van der Waals surface area (Å²) in [5.74, 6) is 1.47. The molecule has 0 saturated carbocycles. The first-order valence-electron chi connectivity index (χ1n) is 8.68. The second kappa shape index (κ2) is 6.51. The Morgan fingerprint density at radius 2 is 1.00 bits per heavy atom. The van der Waals surface area contributed by atoms with Gasteiger partial charge in [0, 0.05) is 21.5 Å². The van der Waals surface area contributed by atoms with Gasteiger partial charge in [-0.05, 0) is 53.7 Å². The molecule has 0 aliphatic carbocycles. The molecule has 0 bridgehead atoms. The van der Waals surface area contributed by atoms with Crippen molar-refractivity contribution in [2.45, 2.75) is 52.7 Å². The molecule has 0 amide bonds. The topological polar surface area (TPSA) is 18.5 Å². The standard InChI is InChI=1S/C22H24Cl2O2/c1-21(2,3)25-19-13-9-7-11-15(23)17(13)20(26-22(4,5)6)18-14(19)10-8-12-16(18)24/h7-12H,1-6H3. The van der Waals surface area contributed by atoms with Crippen molar-refractivity contribution in [1.82, 2.24) is 0 Å². The van der Waals surface area contributed by atoms with Gasteiger partial charge >= 0.3 is 0 Å². The molecule has 3 aromatic rings. The fourth-order valence-electron chi connectivity index (χ4n) is 2.98. The third kappa shape index (κ3) is 3.72. The molecule has 0 spiro atoms. The van der Waals surface area contributed by atoms with Crippen LogP contribution in [0.3, 0.4) is 0 Å². The number of halogens is 2. The lowest BCUT2D eigenvalue weighted by Crippen LogP contribution is -2.24. The number of fused-ring (bicyclic) bond motifs is 2. The zero-order valence-electron chi connectivity index (χ0n) is 16.0. The molecule has 0 radical (unpaired) electrons. The first-order valence-corrected chi connectivity index (χ1v) is 9.44. The van der Waals surface area contributed by atoms with E-state index in [1.165, 1.54) is 0 Å². The van der Waals surface area contributed by atoms with E-state index >= 15 is 0 Å². The van der Waals surface area contributed by atoms with Crippen LogP contribution in [0.1, 0.15) is 41.5 Å². The predicted octanol–water partition coefficient (Wildman–Crippen LogP) is 7.65. The first-order chi connectivity index (χ1) is 12.0. The van der Waals surface area contributed by atoms with Gasteiger partial charge in [0.2, 0.25) is 0 Å². The largest absolute Gasteiger partial charge is 0.487 e. The minimum Gasteiger partial charge on any atom is -0.487 e. The van der Waals surface area contributed by atoms with Crippen molar-refractivity contribution in [2.24, 2.45) is 0 Å². The summed E-state index contributed by atoms with van der Waals surface area (Å²) >= 11 is 13.2. The van der Waals surface area contributed by atoms with Crippen molar-refractivity contribution in [1.29, 1.82) is 0 Å². The molecule has 0 unspecified atom stereocenters. The number of ether oxygens (including phenoxy) is 2. The van der Waals surface area contributed by atoms with Crippen molar-refractivity contribution in [3.8, 4) is 11.5 Å². The van der Waals surface area contributed by atoms with Gasteiger partial charge < -0.3 is 9.47 Å². The molecule has 0 heterocycles. The van der Waals surface area contributed by atoms with Crippen molar-refractivity contribution in [3.05, 3.63) is 46.4 Å². The lowest BCUT2D eigenvalue weighted by molar-refractivity contribution is 0.131. The van der Waals surface area contributed by atoms with Gasteiger partial charge in [-0.3, -0.25) is 0 Å². The SMILES string of the molecule is CC(C)(C)Oc1c2cccc(Cl)c2c(OC(C)(C)C)c2c(Cl)cccc12. The van der Waals surface area contributed by atoms with Crippen LogP contribution in [-0.2, 0) is 0 Å². The number of hydrogen-bond acceptors (Lipinski definition) is 2. The van der Waals surface area contributed by atoms with Crippen LogP contribution in [0.2, 0.25) is 10.0 Å². The van der Waals surface area contributed by atoms with Crippen LogP contribution < -0.4 is 9.47 Å². The van der Waals surface area contributed by atoms with Gasteiger partial charge in [-0.15, -0.1) is 0 Å². The molecule has 26 heavy (non-hydrogen) atoms. The maximum atomic E-state index is 6.61. The average molecular weight is 391 g/mol. The molecule has 0 aliphatic rings. The summed E-state index contributed by atoms with van der Waals surface area (Å²) in [6, 6.07) is 11.6. The Labute approximate surface area is 165 Å². The molecule has 0 atom stereocenters. The molecule has 0 aliphatic heterocycles. The summed E-state index contributed by atoms with van der Waals surface area (Å²) in [5.41, 5.74) is -0.762. The number of hydrogen-bond donors (Lipinski definition) is 0. The highest BCUT2D eigenvalue weighted by atomic mass is 35.5. The zero-order valence-corrected chi connectivity index (χ0v) is 17.5. The maximum absolute atomic E-state index is 6.61. The molecule has 0 fully saturated rings. The lowest BCUT2D eigenvalue weighted by atomic mass is 9.99. The monoisotopic (exact) mass is 390 g/mol. The molecule has 3 rings (SSSR count). The number of rotatable bonds is 2. The first kappa shape index (κ1) is 19.1. The third-order valence-corrected chi connectivity index (χ3v) is 4.42. The van der Waals surface area contributed by atoms with E-state index in [1.807, 2.05) is 77.9 Å². The van der Waals surface area contributed by atoms with E-state index in [9.17, 15) is 0 Å². The van der Waals surface area contributed by atoms with E-state index in [4.69, 9.17) is 32.7 Å².